The van der Waals surface area contributed by atoms with Crippen molar-refractivity contribution in [2.45, 2.75) is 84.2 Å². The molecule has 0 unspecified atom stereocenters. The minimum absolute atomic E-state index is 0.0701. The summed E-state index contributed by atoms with van der Waals surface area (Å²) in [5, 5.41) is 0. The molecule has 0 saturated heterocycles. The second-order valence-corrected chi connectivity index (χ2v) is 6.12. The van der Waals surface area contributed by atoms with Gasteiger partial charge in [0.25, 0.3) is 0 Å². The van der Waals surface area contributed by atoms with Crippen LogP contribution < -0.4 is 0 Å². The summed E-state index contributed by atoms with van der Waals surface area (Å²) in [5.74, 6) is -0.0701. The van der Waals surface area contributed by atoms with E-state index in [1.54, 1.807) is 0 Å². The Labute approximate surface area is 136 Å². The maximum Gasteiger partial charge on any atom is 0.306 e. The van der Waals surface area contributed by atoms with E-state index in [4.69, 9.17) is 4.74 Å². The van der Waals surface area contributed by atoms with Crippen LogP contribution in [0.4, 0.5) is 0 Å². The molecular weight excluding hydrogens is 272 g/mol. The van der Waals surface area contributed by atoms with E-state index < -0.39 is 0 Å². The van der Waals surface area contributed by atoms with Crippen LogP contribution in [0.15, 0.2) is 30.3 Å². The van der Waals surface area contributed by atoms with Crippen molar-refractivity contribution in [3.8, 4) is 0 Å². The molecule has 0 aliphatic carbocycles. The van der Waals surface area contributed by atoms with Gasteiger partial charge in [-0.1, -0.05) is 88.6 Å². The molecule has 0 amide bonds. The summed E-state index contributed by atoms with van der Waals surface area (Å²) in [6, 6.07) is 9.91. The molecule has 124 valence electrons. The van der Waals surface area contributed by atoms with E-state index in [0.29, 0.717) is 6.42 Å². The molecule has 1 aromatic carbocycles. The molecule has 1 rings (SSSR count). The van der Waals surface area contributed by atoms with E-state index in [1.807, 2.05) is 37.3 Å². The van der Waals surface area contributed by atoms with Crippen LogP contribution in [0.5, 0.6) is 0 Å². The van der Waals surface area contributed by atoms with E-state index in [0.717, 1.165) is 18.4 Å². The number of esters is 1. The standard InChI is InChI=1S/C20H32O2/c1-3-4-5-6-7-8-9-10-14-17-20(21)22-18(2)19-15-12-11-13-16-19/h11-13,15-16,18H,3-10,14,17H2,1-2H3/t18-/m1/s1. The van der Waals surface area contributed by atoms with E-state index in [-0.39, 0.29) is 12.1 Å². The van der Waals surface area contributed by atoms with Gasteiger partial charge in [0.1, 0.15) is 6.10 Å². The molecule has 0 aromatic heterocycles. The first-order valence-electron chi connectivity index (χ1n) is 8.98. The Morgan fingerprint density at radius 1 is 0.909 bits per heavy atom. The smallest absolute Gasteiger partial charge is 0.306 e. The maximum atomic E-state index is 11.8. The second kappa shape index (κ2) is 12.3. The molecule has 22 heavy (non-hydrogen) atoms. The third-order valence-electron chi connectivity index (χ3n) is 4.06. The van der Waals surface area contributed by atoms with E-state index >= 15 is 0 Å². The molecular formula is C20H32O2. The zero-order chi connectivity index (χ0) is 16.0. The molecule has 0 fully saturated rings. The third kappa shape index (κ3) is 8.86. The van der Waals surface area contributed by atoms with Crippen molar-refractivity contribution in [2.24, 2.45) is 0 Å². The number of benzene rings is 1. The lowest BCUT2D eigenvalue weighted by atomic mass is 10.1. The van der Waals surface area contributed by atoms with Crippen molar-refractivity contribution < 1.29 is 9.53 Å². The molecule has 0 N–H and O–H groups in total. The lowest BCUT2D eigenvalue weighted by molar-refractivity contribution is -0.148. The lowest BCUT2D eigenvalue weighted by Gasteiger charge is -2.13. The van der Waals surface area contributed by atoms with Gasteiger partial charge in [0, 0.05) is 6.42 Å². The fourth-order valence-corrected chi connectivity index (χ4v) is 2.63. The predicted molar refractivity (Wildman–Crippen MR) is 92.8 cm³/mol. The Morgan fingerprint density at radius 3 is 2.05 bits per heavy atom. The maximum absolute atomic E-state index is 11.8. The van der Waals surface area contributed by atoms with Gasteiger partial charge in [0.05, 0.1) is 0 Å². The van der Waals surface area contributed by atoms with Crippen molar-refractivity contribution in [2.75, 3.05) is 0 Å². The van der Waals surface area contributed by atoms with Gasteiger partial charge in [-0.3, -0.25) is 4.79 Å². The number of carbonyl (C=O) groups excluding carboxylic acids is 1. The first-order chi connectivity index (χ1) is 10.7. The normalized spacial score (nSPS) is 12.1. The minimum atomic E-state index is -0.146. The van der Waals surface area contributed by atoms with Crippen LogP contribution in [0.3, 0.4) is 0 Å². The van der Waals surface area contributed by atoms with Gasteiger partial charge in [0.15, 0.2) is 0 Å². The van der Waals surface area contributed by atoms with E-state index in [2.05, 4.69) is 6.92 Å². The van der Waals surface area contributed by atoms with Gasteiger partial charge in [0.2, 0.25) is 0 Å². The Morgan fingerprint density at radius 2 is 1.45 bits per heavy atom. The van der Waals surface area contributed by atoms with Crippen molar-refractivity contribution >= 4 is 5.97 Å². The SMILES string of the molecule is CCCCCCCCCCCC(=O)O[C@H](C)c1ccccc1. The summed E-state index contributed by atoms with van der Waals surface area (Å²) in [4.78, 5) is 11.8. The van der Waals surface area contributed by atoms with Crippen LogP contribution in [0, 0.1) is 0 Å². The molecule has 2 nitrogen and oxygen atoms in total. The first-order valence-corrected chi connectivity index (χ1v) is 8.98. The average Bonchev–Trinajstić information content (AvgIpc) is 2.54. The van der Waals surface area contributed by atoms with Gasteiger partial charge in [-0.2, -0.15) is 0 Å². The molecule has 0 heterocycles. The molecule has 0 radical (unpaired) electrons. The van der Waals surface area contributed by atoms with Crippen molar-refractivity contribution in [1.29, 1.82) is 0 Å². The fraction of sp³-hybridized carbons (Fsp3) is 0.650. The van der Waals surface area contributed by atoms with Crippen molar-refractivity contribution in [1.82, 2.24) is 0 Å². The Hall–Kier alpha value is -1.31. The summed E-state index contributed by atoms with van der Waals surface area (Å²) in [7, 11) is 0. The highest BCUT2D eigenvalue weighted by atomic mass is 16.5. The minimum Gasteiger partial charge on any atom is -0.458 e. The monoisotopic (exact) mass is 304 g/mol. The van der Waals surface area contributed by atoms with Gasteiger partial charge < -0.3 is 4.74 Å². The van der Waals surface area contributed by atoms with Crippen LogP contribution in [0.1, 0.15) is 89.7 Å². The van der Waals surface area contributed by atoms with E-state index in [1.165, 1.54) is 44.9 Å². The van der Waals surface area contributed by atoms with Crippen LogP contribution >= 0.6 is 0 Å². The lowest BCUT2D eigenvalue weighted by Crippen LogP contribution is -2.08. The molecule has 0 saturated carbocycles. The predicted octanol–water partition coefficient (Wildman–Crippen LogP) is 6.21. The summed E-state index contributed by atoms with van der Waals surface area (Å²) < 4.78 is 5.47. The fourth-order valence-electron chi connectivity index (χ4n) is 2.63. The second-order valence-electron chi connectivity index (χ2n) is 6.12. The zero-order valence-electron chi connectivity index (χ0n) is 14.4. The Kier molecular flexibility index (Phi) is 10.4. The highest BCUT2D eigenvalue weighted by molar-refractivity contribution is 5.69. The van der Waals surface area contributed by atoms with Gasteiger partial charge in [-0.05, 0) is 18.9 Å². The Bertz CT molecular complexity index is 386. The largest absolute Gasteiger partial charge is 0.458 e. The quantitative estimate of drug-likeness (QED) is 0.339. The summed E-state index contributed by atoms with van der Waals surface area (Å²) in [6.45, 7) is 4.18. The molecule has 1 aromatic rings. The molecule has 1 atom stereocenters. The van der Waals surface area contributed by atoms with Gasteiger partial charge in [-0.15, -0.1) is 0 Å². The highest BCUT2D eigenvalue weighted by Gasteiger charge is 2.10. The average molecular weight is 304 g/mol. The molecule has 0 aliphatic heterocycles. The summed E-state index contributed by atoms with van der Waals surface area (Å²) in [6.07, 6.45) is 11.8. The first kappa shape index (κ1) is 18.7. The zero-order valence-corrected chi connectivity index (χ0v) is 14.4. The molecule has 0 spiro atoms. The highest BCUT2D eigenvalue weighted by Crippen LogP contribution is 2.17. The number of ether oxygens (including phenoxy) is 1. The summed E-state index contributed by atoms with van der Waals surface area (Å²) >= 11 is 0. The Balaban J connectivity index is 2.00. The third-order valence-corrected chi connectivity index (χ3v) is 4.06. The topological polar surface area (TPSA) is 26.3 Å². The van der Waals surface area contributed by atoms with Crippen LogP contribution in [0.2, 0.25) is 0 Å². The number of hydrogen-bond acceptors (Lipinski definition) is 2. The van der Waals surface area contributed by atoms with Crippen LogP contribution in [-0.4, -0.2) is 5.97 Å². The van der Waals surface area contributed by atoms with Gasteiger partial charge >= 0.3 is 5.97 Å². The molecule has 0 bridgehead atoms. The van der Waals surface area contributed by atoms with Crippen LogP contribution in [0.25, 0.3) is 0 Å². The van der Waals surface area contributed by atoms with E-state index in [9.17, 15) is 4.79 Å². The number of carbonyl (C=O) groups is 1. The molecule has 2 heteroatoms. The number of unbranched alkanes of at least 4 members (excludes halogenated alkanes) is 8. The molecule has 0 aliphatic rings. The van der Waals surface area contributed by atoms with Gasteiger partial charge in [-0.25, -0.2) is 0 Å². The number of hydrogen-bond donors (Lipinski definition) is 0. The number of rotatable bonds is 12. The van der Waals surface area contributed by atoms with Crippen LogP contribution in [-0.2, 0) is 9.53 Å². The van der Waals surface area contributed by atoms with Crippen molar-refractivity contribution in [3.05, 3.63) is 35.9 Å². The summed E-state index contributed by atoms with van der Waals surface area (Å²) in [5.41, 5.74) is 1.06. The van der Waals surface area contributed by atoms with Crippen molar-refractivity contribution in [3.63, 3.8) is 0 Å².